The van der Waals surface area contributed by atoms with Crippen LogP contribution < -0.4 is 0 Å². The second kappa shape index (κ2) is 5.19. The average Bonchev–Trinajstić information content (AvgIpc) is 2.27. The fourth-order valence-electron chi connectivity index (χ4n) is 1.20. The summed E-state index contributed by atoms with van der Waals surface area (Å²) in [6.45, 7) is 0. The van der Waals surface area contributed by atoms with Crippen LogP contribution >= 0.6 is 28.6 Å². The number of thiol groups is 1. The van der Waals surface area contributed by atoms with Crippen LogP contribution in [0.2, 0.25) is 0 Å². The van der Waals surface area contributed by atoms with Gasteiger partial charge in [-0.15, -0.1) is 12.6 Å². The van der Waals surface area contributed by atoms with Crippen molar-refractivity contribution >= 4 is 34.5 Å². The van der Waals surface area contributed by atoms with Gasteiger partial charge in [0.2, 0.25) is 0 Å². The topological polar surface area (TPSA) is 50.1 Å². The van der Waals surface area contributed by atoms with Crippen molar-refractivity contribution in [3.63, 3.8) is 0 Å². The number of alkyl halides is 1. The molecular formula is C10H8BrNO2S. The van der Waals surface area contributed by atoms with Crippen molar-refractivity contribution in [3.8, 4) is 6.07 Å². The highest BCUT2D eigenvalue weighted by molar-refractivity contribution is 9.08. The van der Waals surface area contributed by atoms with E-state index in [1.165, 1.54) is 7.11 Å². The first-order valence-corrected chi connectivity index (χ1v) is 5.61. The van der Waals surface area contributed by atoms with Crippen LogP contribution in [0.5, 0.6) is 0 Å². The number of nitrogens with zero attached hydrogens (tertiary/aromatic N) is 1. The van der Waals surface area contributed by atoms with E-state index in [0.29, 0.717) is 26.9 Å². The minimum atomic E-state index is -0.450. The van der Waals surface area contributed by atoms with Crippen molar-refractivity contribution in [3.05, 3.63) is 28.8 Å². The van der Waals surface area contributed by atoms with Crippen molar-refractivity contribution in [1.29, 1.82) is 5.26 Å². The molecule has 1 rings (SSSR count). The summed E-state index contributed by atoms with van der Waals surface area (Å²) in [6, 6.07) is 5.23. The largest absolute Gasteiger partial charge is 0.465 e. The molecule has 0 aliphatic rings. The molecule has 15 heavy (non-hydrogen) atoms. The number of carbonyl (C=O) groups excluding carboxylic acids is 1. The van der Waals surface area contributed by atoms with Crippen LogP contribution in [0.4, 0.5) is 0 Å². The first kappa shape index (κ1) is 12.1. The number of ether oxygens (including phenoxy) is 1. The molecule has 0 aliphatic carbocycles. The molecule has 0 bridgehead atoms. The summed E-state index contributed by atoms with van der Waals surface area (Å²) in [5.74, 6) is -0.450. The lowest BCUT2D eigenvalue weighted by molar-refractivity contribution is 0.0599. The standard InChI is InChI=1S/C10H8BrNO2S/c1-14-10(13)6-2-3-9(15)8(5-12)7(6)4-11/h2-3,15H,4H2,1H3. The number of esters is 1. The third kappa shape index (κ3) is 2.33. The quantitative estimate of drug-likeness (QED) is 0.516. The van der Waals surface area contributed by atoms with Gasteiger partial charge in [-0.05, 0) is 17.7 Å². The van der Waals surface area contributed by atoms with Crippen molar-refractivity contribution < 1.29 is 9.53 Å². The molecule has 3 nitrogen and oxygen atoms in total. The van der Waals surface area contributed by atoms with Gasteiger partial charge in [0.25, 0.3) is 0 Å². The van der Waals surface area contributed by atoms with Crippen LogP contribution in [0.25, 0.3) is 0 Å². The molecule has 0 saturated heterocycles. The number of nitriles is 1. The molecule has 0 aliphatic heterocycles. The number of hydrogen-bond donors (Lipinski definition) is 1. The zero-order chi connectivity index (χ0) is 11.4. The molecule has 78 valence electrons. The molecular weight excluding hydrogens is 278 g/mol. The van der Waals surface area contributed by atoms with E-state index in [-0.39, 0.29) is 0 Å². The lowest BCUT2D eigenvalue weighted by atomic mass is 10.0. The number of halogens is 1. The van der Waals surface area contributed by atoms with E-state index in [9.17, 15) is 4.79 Å². The number of benzene rings is 1. The molecule has 1 aromatic rings. The SMILES string of the molecule is COC(=O)c1ccc(S)c(C#N)c1CBr. The van der Waals surface area contributed by atoms with E-state index in [1.54, 1.807) is 12.1 Å². The predicted octanol–water partition coefficient (Wildman–Crippen LogP) is 2.53. The van der Waals surface area contributed by atoms with Crippen molar-refractivity contribution in [1.82, 2.24) is 0 Å². The molecule has 0 atom stereocenters. The highest BCUT2D eigenvalue weighted by atomic mass is 79.9. The van der Waals surface area contributed by atoms with Gasteiger partial charge in [-0.1, -0.05) is 15.9 Å². The monoisotopic (exact) mass is 285 g/mol. The van der Waals surface area contributed by atoms with Gasteiger partial charge >= 0.3 is 5.97 Å². The Morgan fingerprint density at radius 2 is 2.33 bits per heavy atom. The van der Waals surface area contributed by atoms with E-state index in [2.05, 4.69) is 33.3 Å². The molecule has 0 saturated carbocycles. The third-order valence-corrected chi connectivity index (χ3v) is 2.88. The summed E-state index contributed by atoms with van der Waals surface area (Å²) >= 11 is 7.39. The Morgan fingerprint density at radius 1 is 1.67 bits per heavy atom. The molecule has 0 N–H and O–H groups in total. The number of carbonyl (C=O) groups is 1. The molecule has 1 aromatic carbocycles. The van der Waals surface area contributed by atoms with E-state index in [4.69, 9.17) is 5.26 Å². The zero-order valence-corrected chi connectivity index (χ0v) is 10.4. The normalized spacial score (nSPS) is 9.47. The maximum atomic E-state index is 11.4. The highest BCUT2D eigenvalue weighted by Crippen LogP contribution is 2.24. The van der Waals surface area contributed by atoms with Crippen LogP contribution in [0.3, 0.4) is 0 Å². The Kier molecular flexibility index (Phi) is 4.18. The average molecular weight is 286 g/mol. The van der Waals surface area contributed by atoms with Gasteiger partial charge in [-0.25, -0.2) is 4.79 Å². The first-order valence-electron chi connectivity index (χ1n) is 4.05. The lowest BCUT2D eigenvalue weighted by Crippen LogP contribution is -2.06. The Hall–Kier alpha value is -0.990. The van der Waals surface area contributed by atoms with Crippen LogP contribution in [-0.4, -0.2) is 13.1 Å². The number of rotatable bonds is 2. The van der Waals surface area contributed by atoms with Crippen LogP contribution in [0.15, 0.2) is 17.0 Å². The smallest absolute Gasteiger partial charge is 0.338 e. The van der Waals surface area contributed by atoms with E-state index in [0.717, 1.165) is 0 Å². The van der Waals surface area contributed by atoms with Gasteiger partial charge in [-0.2, -0.15) is 5.26 Å². The molecule has 5 heteroatoms. The summed E-state index contributed by atoms with van der Waals surface area (Å²) in [4.78, 5) is 12.0. The van der Waals surface area contributed by atoms with Crippen LogP contribution in [0, 0.1) is 11.3 Å². The second-order valence-electron chi connectivity index (χ2n) is 2.72. The molecule has 0 radical (unpaired) electrons. The summed E-state index contributed by atoms with van der Waals surface area (Å²) in [5, 5.41) is 9.35. The van der Waals surface area contributed by atoms with Gasteiger partial charge in [0.15, 0.2) is 0 Å². The minimum absolute atomic E-state index is 0.392. The van der Waals surface area contributed by atoms with Crippen LogP contribution in [-0.2, 0) is 10.1 Å². The van der Waals surface area contributed by atoms with E-state index in [1.807, 2.05) is 6.07 Å². The molecule has 0 fully saturated rings. The Balaban J connectivity index is 3.43. The Morgan fingerprint density at radius 3 is 2.80 bits per heavy atom. The fraction of sp³-hybridized carbons (Fsp3) is 0.200. The molecule has 0 unspecified atom stereocenters. The maximum absolute atomic E-state index is 11.4. The van der Waals surface area contributed by atoms with Gasteiger partial charge in [0, 0.05) is 10.2 Å². The Labute approximate surface area is 102 Å². The zero-order valence-electron chi connectivity index (χ0n) is 7.95. The maximum Gasteiger partial charge on any atom is 0.338 e. The number of methoxy groups -OCH3 is 1. The fourth-order valence-corrected chi connectivity index (χ4v) is 2.04. The highest BCUT2D eigenvalue weighted by Gasteiger charge is 2.16. The summed E-state index contributed by atoms with van der Waals surface area (Å²) in [6.07, 6.45) is 0. The molecule has 0 heterocycles. The van der Waals surface area contributed by atoms with Gasteiger partial charge in [-0.3, -0.25) is 0 Å². The van der Waals surface area contributed by atoms with Crippen molar-refractivity contribution in [2.45, 2.75) is 10.2 Å². The van der Waals surface area contributed by atoms with Gasteiger partial charge in [0.1, 0.15) is 6.07 Å². The summed E-state index contributed by atoms with van der Waals surface area (Å²) in [5.41, 5.74) is 1.40. The number of hydrogen-bond acceptors (Lipinski definition) is 4. The van der Waals surface area contributed by atoms with E-state index < -0.39 is 5.97 Å². The Bertz CT molecular complexity index is 440. The molecule has 0 amide bonds. The molecule has 0 aromatic heterocycles. The first-order chi connectivity index (χ1) is 7.15. The second-order valence-corrected chi connectivity index (χ2v) is 3.77. The summed E-state index contributed by atoms with van der Waals surface area (Å²) < 4.78 is 4.62. The summed E-state index contributed by atoms with van der Waals surface area (Å²) in [7, 11) is 1.31. The van der Waals surface area contributed by atoms with Crippen molar-refractivity contribution in [2.75, 3.05) is 7.11 Å². The molecule has 0 spiro atoms. The van der Waals surface area contributed by atoms with Crippen LogP contribution in [0.1, 0.15) is 21.5 Å². The van der Waals surface area contributed by atoms with Gasteiger partial charge in [0.05, 0.1) is 18.2 Å². The van der Waals surface area contributed by atoms with Crippen molar-refractivity contribution in [2.24, 2.45) is 0 Å². The minimum Gasteiger partial charge on any atom is -0.465 e. The predicted molar refractivity (Wildman–Crippen MR) is 62.4 cm³/mol. The van der Waals surface area contributed by atoms with Gasteiger partial charge < -0.3 is 4.74 Å². The lowest BCUT2D eigenvalue weighted by Gasteiger charge is -2.08. The third-order valence-electron chi connectivity index (χ3n) is 1.94. The van der Waals surface area contributed by atoms with E-state index >= 15 is 0 Å².